The number of nitrogens with one attached hydrogen (secondary N) is 1. The number of hydrogen-bond acceptors (Lipinski definition) is 3. The fourth-order valence-corrected chi connectivity index (χ4v) is 2.48. The highest BCUT2D eigenvalue weighted by Crippen LogP contribution is 2.36. The van der Waals surface area contributed by atoms with Crippen molar-refractivity contribution in [2.24, 2.45) is 0 Å². The van der Waals surface area contributed by atoms with Crippen LogP contribution in [0.25, 0.3) is 11.0 Å². The molecule has 0 radical (unpaired) electrons. The van der Waals surface area contributed by atoms with Crippen LogP contribution in [0.2, 0.25) is 0 Å². The minimum absolute atomic E-state index is 0.244. The lowest BCUT2D eigenvalue weighted by Gasteiger charge is -2.06. The summed E-state index contributed by atoms with van der Waals surface area (Å²) in [5.41, 5.74) is 1.86. The average molecular weight is 281 g/mol. The summed E-state index contributed by atoms with van der Waals surface area (Å²) in [5.74, 6) is 0.796. The number of hydrogen-bond donors (Lipinski definition) is 1. The molecule has 0 unspecified atom stereocenters. The summed E-state index contributed by atoms with van der Waals surface area (Å²) in [4.78, 5) is 12.3. The summed E-state index contributed by atoms with van der Waals surface area (Å²) < 4.78 is 7.47. The smallest absolute Gasteiger partial charge is 0.292 e. The lowest BCUT2D eigenvalue weighted by atomic mass is 10.2. The molecule has 1 saturated carbocycles. The van der Waals surface area contributed by atoms with Crippen LogP contribution in [0.4, 0.5) is 5.82 Å². The summed E-state index contributed by atoms with van der Waals surface area (Å²) in [6.45, 7) is 2.01. The van der Waals surface area contributed by atoms with Crippen molar-refractivity contribution in [3.8, 4) is 0 Å². The van der Waals surface area contributed by atoms with Crippen molar-refractivity contribution < 1.29 is 9.21 Å². The van der Waals surface area contributed by atoms with Crippen molar-refractivity contribution >= 4 is 22.7 Å². The van der Waals surface area contributed by atoms with Gasteiger partial charge in [0, 0.05) is 11.5 Å². The summed E-state index contributed by atoms with van der Waals surface area (Å²) in [6.07, 6.45) is 3.94. The van der Waals surface area contributed by atoms with Crippen LogP contribution in [-0.2, 0) is 0 Å². The third-order valence-corrected chi connectivity index (χ3v) is 3.70. The van der Waals surface area contributed by atoms with Crippen molar-refractivity contribution in [2.45, 2.75) is 25.8 Å². The molecule has 5 heteroatoms. The topological polar surface area (TPSA) is 60.1 Å². The molecule has 4 rings (SSSR count). The molecule has 1 fully saturated rings. The van der Waals surface area contributed by atoms with E-state index in [9.17, 15) is 4.79 Å². The molecule has 1 amide bonds. The second-order valence-electron chi connectivity index (χ2n) is 5.50. The van der Waals surface area contributed by atoms with Crippen molar-refractivity contribution in [1.82, 2.24) is 9.78 Å². The first-order valence-electron chi connectivity index (χ1n) is 7.06. The first kappa shape index (κ1) is 12.2. The number of aromatic nitrogens is 2. The summed E-state index contributed by atoms with van der Waals surface area (Å²) in [5, 5.41) is 8.06. The van der Waals surface area contributed by atoms with E-state index >= 15 is 0 Å². The fourth-order valence-electron chi connectivity index (χ4n) is 2.48. The Morgan fingerprint density at radius 1 is 1.33 bits per heavy atom. The van der Waals surface area contributed by atoms with Crippen LogP contribution < -0.4 is 5.32 Å². The SMILES string of the molecule is Cc1ccc2oc(C(=O)Nc3ccnn3C3CC3)cc2c1. The number of aryl methyl sites for hydroxylation is 1. The molecular weight excluding hydrogens is 266 g/mol. The zero-order valence-corrected chi connectivity index (χ0v) is 11.7. The predicted molar refractivity (Wildman–Crippen MR) is 79.4 cm³/mol. The van der Waals surface area contributed by atoms with E-state index in [1.165, 1.54) is 0 Å². The van der Waals surface area contributed by atoms with E-state index in [2.05, 4.69) is 10.4 Å². The molecule has 5 nitrogen and oxygen atoms in total. The Kier molecular flexibility index (Phi) is 2.60. The van der Waals surface area contributed by atoms with Crippen molar-refractivity contribution in [3.63, 3.8) is 0 Å². The largest absolute Gasteiger partial charge is 0.451 e. The Bertz CT molecular complexity index is 827. The second-order valence-corrected chi connectivity index (χ2v) is 5.50. The normalized spacial score (nSPS) is 14.5. The number of fused-ring (bicyclic) bond motifs is 1. The molecule has 0 spiro atoms. The average Bonchev–Trinajstić information content (AvgIpc) is 3.05. The Hall–Kier alpha value is -2.56. The number of nitrogens with zero attached hydrogens (tertiary/aromatic N) is 2. The lowest BCUT2D eigenvalue weighted by Crippen LogP contribution is -2.14. The Morgan fingerprint density at radius 3 is 3.00 bits per heavy atom. The Morgan fingerprint density at radius 2 is 2.19 bits per heavy atom. The zero-order valence-electron chi connectivity index (χ0n) is 11.7. The van der Waals surface area contributed by atoms with E-state index in [1.54, 1.807) is 12.3 Å². The number of rotatable bonds is 3. The van der Waals surface area contributed by atoms with Gasteiger partial charge in [0.15, 0.2) is 5.76 Å². The molecule has 2 aromatic heterocycles. The number of benzene rings is 1. The first-order chi connectivity index (χ1) is 10.2. The van der Waals surface area contributed by atoms with Crippen LogP contribution in [0.1, 0.15) is 35.0 Å². The molecule has 21 heavy (non-hydrogen) atoms. The standard InChI is InChI=1S/C16H15N3O2/c1-10-2-5-13-11(8-10)9-14(21-13)16(20)18-15-6-7-17-19(15)12-3-4-12/h2,5-9,12H,3-4H2,1H3,(H,18,20). The minimum atomic E-state index is -0.244. The molecule has 0 atom stereocenters. The molecule has 1 aliphatic rings. The number of furan rings is 1. The van der Waals surface area contributed by atoms with E-state index < -0.39 is 0 Å². The number of carbonyl (C=O) groups is 1. The third-order valence-electron chi connectivity index (χ3n) is 3.70. The summed E-state index contributed by atoms with van der Waals surface area (Å²) in [6, 6.07) is 9.86. The number of amides is 1. The number of anilines is 1. The molecule has 2 heterocycles. The summed E-state index contributed by atoms with van der Waals surface area (Å²) >= 11 is 0. The highest BCUT2D eigenvalue weighted by molar-refractivity contribution is 6.04. The maximum atomic E-state index is 12.3. The molecule has 0 saturated heterocycles. The first-order valence-corrected chi connectivity index (χ1v) is 7.06. The fraction of sp³-hybridized carbons (Fsp3) is 0.250. The van der Waals surface area contributed by atoms with Gasteiger partial charge < -0.3 is 9.73 Å². The summed E-state index contributed by atoms with van der Waals surface area (Å²) in [7, 11) is 0. The van der Waals surface area contributed by atoms with Crippen LogP contribution >= 0.6 is 0 Å². The van der Waals surface area contributed by atoms with Crippen LogP contribution in [0.15, 0.2) is 40.9 Å². The Labute approximate surface area is 121 Å². The number of carbonyl (C=O) groups excluding carboxylic acids is 1. The minimum Gasteiger partial charge on any atom is -0.451 e. The van der Waals surface area contributed by atoms with Crippen LogP contribution in [0.5, 0.6) is 0 Å². The van der Waals surface area contributed by atoms with Gasteiger partial charge in [-0.05, 0) is 38.0 Å². The van der Waals surface area contributed by atoms with Gasteiger partial charge in [-0.15, -0.1) is 0 Å². The van der Waals surface area contributed by atoms with E-state index in [4.69, 9.17) is 4.42 Å². The predicted octanol–water partition coefficient (Wildman–Crippen LogP) is 3.52. The molecular formula is C16H15N3O2. The van der Waals surface area contributed by atoms with Crippen molar-refractivity contribution in [3.05, 3.63) is 47.9 Å². The van der Waals surface area contributed by atoms with Gasteiger partial charge in [-0.25, -0.2) is 4.68 Å². The molecule has 3 aromatic rings. The van der Waals surface area contributed by atoms with Gasteiger partial charge in [0.1, 0.15) is 11.4 Å². The third kappa shape index (κ3) is 2.20. The van der Waals surface area contributed by atoms with E-state index in [0.29, 0.717) is 11.8 Å². The molecule has 0 aliphatic heterocycles. The maximum absolute atomic E-state index is 12.3. The van der Waals surface area contributed by atoms with Gasteiger partial charge in [0.2, 0.25) is 0 Å². The monoisotopic (exact) mass is 281 g/mol. The van der Waals surface area contributed by atoms with Crippen LogP contribution in [0, 0.1) is 6.92 Å². The highest BCUT2D eigenvalue weighted by Gasteiger charge is 2.27. The zero-order chi connectivity index (χ0) is 14.4. The van der Waals surface area contributed by atoms with Gasteiger partial charge >= 0.3 is 0 Å². The lowest BCUT2D eigenvalue weighted by molar-refractivity contribution is 0.0997. The van der Waals surface area contributed by atoms with Gasteiger partial charge in [-0.2, -0.15) is 5.10 Å². The molecule has 1 N–H and O–H groups in total. The van der Waals surface area contributed by atoms with E-state index in [-0.39, 0.29) is 5.91 Å². The molecule has 106 valence electrons. The van der Waals surface area contributed by atoms with Gasteiger partial charge in [0.25, 0.3) is 5.91 Å². The van der Waals surface area contributed by atoms with Gasteiger partial charge in [-0.3, -0.25) is 4.79 Å². The molecule has 0 bridgehead atoms. The highest BCUT2D eigenvalue weighted by atomic mass is 16.3. The van der Waals surface area contributed by atoms with Crippen molar-refractivity contribution in [2.75, 3.05) is 5.32 Å². The van der Waals surface area contributed by atoms with E-state index in [1.807, 2.05) is 35.9 Å². The Balaban J connectivity index is 1.62. The van der Waals surface area contributed by atoms with Gasteiger partial charge in [0.05, 0.1) is 12.2 Å². The quantitative estimate of drug-likeness (QED) is 0.799. The molecule has 1 aliphatic carbocycles. The van der Waals surface area contributed by atoms with Crippen molar-refractivity contribution in [1.29, 1.82) is 0 Å². The van der Waals surface area contributed by atoms with Crippen LogP contribution in [-0.4, -0.2) is 15.7 Å². The maximum Gasteiger partial charge on any atom is 0.292 e. The van der Waals surface area contributed by atoms with E-state index in [0.717, 1.165) is 35.2 Å². The van der Waals surface area contributed by atoms with Crippen LogP contribution in [0.3, 0.4) is 0 Å². The molecule has 1 aromatic carbocycles. The van der Waals surface area contributed by atoms with Gasteiger partial charge in [-0.1, -0.05) is 11.6 Å². The second kappa shape index (κ2) is 4.48.